The van der Waals surface area contributed by atoms with Crippen LogP contribution in [0.2, 0.25) is 0 Å². The summed E-state index contributed by atoms with van der Waals surface area (Å²) in [6.45, 7) is 9.39. The predicted octanol–water partition coefficient (Wildman–Crippen LogP) is 3.46. The Hall–Kier alpha value is -1.84. The predicted molar refractivity (Wildman–Crippen MR) is 96.5 cm³/mol. The van der Waals surface area contributed by atoms with Crippen molar-refractivity contribution >= 4 is 11.8 Å². The summed E-state index contributed by atoms with van der Waals surface area (Å²) in [5.41, 5.74) is 2.38. The molecule has 0 bridgehead atoms. The maximum atomic E-state index is 12.6. The molecule has 24 heavy (non-hydrogen) atoms. The third kappa shape index (κ3) is 4.59. The van der Waals surface area contributed by atoms with E-state index in [2.05, 4.69) is 43.4 Å². The lowest BCUT2D eigenvalue weighted by molar-refractivity contribution is -0.138. The summed E-state index contributed by atoms with van der Waals surface area (Å²) in [6.07, 6.45) is 2.39. The highest BCUT2D eigenvalue weighted by atomic mass is 16.2. The van der Waals surface area contributed by atoms with E-state index in [0.717, 1.165) is 24.8 Å². The zero-order valence-electron chi connectivity index (χ0n) is 15.3. The molecular weight excluding hydrogens is 300 g/mol. The van der Waals surface area contributed by atoms with Crippen LogP contribution in [0.1, 0.15) is 57.2 Å². The minimum absolute atomic E-state index is 0.0145. The van der Waals surface area contributed by atoms with E-state index in [0.29, 0.717) is 13.1 Å². The van der Waals surface area contributed by atoms with Crippen LogP contribution in [0.25, 0.3) is 0 Å². The summed E-state index contributed by atoms with van der Waals surface area (Å²) < 4.78 is 0. The number of carbonyl (C=O) groups is 2. The molecule has 1 heterocycles. The Morgan fingerprint density at radius 2 is 1.75 bits per heavy atom. The highest BCUT2D eigenvalue weighted by Crippen LogP contribution is 2.22. The molecule has 1 atom stereocenters. The van der Waals surface area contributed by atoms with Gasteiger partial charge in [-0.25, -0.2) is 0 Å². The number of likely N-dealkylation sites (tertiary alicyclic amines) is 1. The van der Waals surface area contributed by atoms with E-state index in [4.69, 9.17) is 0 Å². The van der Waals surface area contributed by atoms with Crippen LogP contribution in [0.15, 0.2) is 24.3 Å². The van der Waals surface area contributed by atoms with Gasteiger partial charge in [0.1, 0.15) is 0 Å². The van der Waals surface area contributed by atoms with Gasteiger partial charge in [0.25, 0.3) is 0 Å². The average molecular weight is 330 g/mol. The van der Waals surface area contributed by atoms with Crippen molar-refractivity contribution in [1.82, 2.24) is 10.2 Å². The van der Waals surface area contributed by atoms with Gasteiger partial charge in [0, 0.05) is 24.9 Å². The lowest BCUT2D eigenvalue weighted by atomic mass is 9.94. The Morgan fingerprint density at radius 3 is 2.25 bits per heavy atom. The molecule has 132 valence electrons. The fraction of sp³-hybridized carbons (Fsp3) is 0.600. The second kappa shape index (κ2) is 8.32. The molecule has 1 aliphatic rings. The van der Waals surface area contributed by atoms with Gasteiger partial charge in [-0.15, -0.1) is 0 Å². The van der Waals surface area contributed by atoms with Crippen molar-refractivity contribution in [2.45, 2.75) is 53.0 Å². The number of piperidine rings is 1. The molecule has 2 rings (SSSR count). The average Bonchev–Trinajstić information content (AvgIpc) is 2.59. The molecule has 1 unspecified atom stereocenters. The van der Waals surface area contributed by atoms with Crippen LogP contribution in [0.5, 0.6) is 0 Å². The summed E-state index contributed by atoms with van der Waals surface area (Å²) in [7, 11) is 0. The Kier molecular flexibility index (Phi) is 6.41. The number of amides is 2. The lowest BCUT2D eigenvalue weighted by Gasteiger charge is -2.33. The minimum Gasteiger partial charge on any atom is -0.349 e. The van der Waals surface area contributed by atoms with Crippen LogP contribution < -0.4 is 5.32 Å². The van der Waals surface area contributed by atoms with Crippen molar-refractivity contribution < 1.29 is 9.59 Å². The first kappa shape index (κ1) is 18.5. The number of benzene rings is 1. The summed E-state index contributed by atoms with van der Waals surface area (Å²) in [4.78, 5) is 26.5. The number of aryl methyl sites for hydroxylation is 1. The minimum atomic E-state index is 0.0145. The van der Waals surface area contributed by atoms with E-state index in [1.165, 1.54) is 5.56 Å². The van der Waals surface area contributed by atoms with Gasteiger partial charge in [0.2, 0.25) is 11.8 Å². The second-order valence-electron chi connectivity index (χ2n) is 7.13. The van der Waals surface area contributed by atoms with Gasteiger partial charge in [-0.3, -0.25) is 9.59 Å². The van der Waals surface area contributed by atoms with Crippen LogP contribution >= 0.6 is 0 Å². The lowest BCUT2D eigenvalue weighted by Crippen LogP contribution is -2.44. The third-order valence-electron chi connectivity index (χ3n) is 4.88. The van der Waals surface area contributed by atoms with Crippen molar-refractivity contribution in [3.8, 4) is 0 Å². The number of rotatable bonds is 5. The van der Waals surface area contributed by atoms with E-state index >= 15 is 0 Å². The maximum Gasteiger partial charge on any atom is 0.225 e. The molecule has 1 aromatic rings. The van der Waals surface area contributed by atoms with Crippen molar-refractivity contribution in [3.63, 3.8) is 0 Å². The van der Waals surface area contributed by atoms with E-state index in [1.54, 1.807) is 0 Å². The summed E-state index contributed by atoms with van der Waals surface area (Å²) >= 11 is 0. The number of nitrogens with zero attached hydrogens (tertiary/aromatic N) is 1. The van der Waals surface area contributed by atoms with Crippen LogP contribution in [-0.4, -0.2) is 29.8 Å². The van der Waals surface area contributed by atoms with Gasteiger partial charge in [-0.2, -0.15) is 0 Å². The van der Waals surface area contributed by atoms with Crippen LogP contribution in [-0.2, 0) is 9.59 Å². The van der Waals surface area contributed by atoms with Crippen LogP contribution in [0.3, 0.4) is 0 Å². The van der Waals surface area contributed by atoms with Gasteiger partial charge in [0.05, 0.1) is 6.04 Å². The maximum absolute atomic E-state index is 12.6. The number of hydrogen-bond donors (Lipinski definition) is 1. The Balaban J connectivity index is 1.90. The highest BCUT2D eigenvalue weighted by Gasteiger charge is 2.29. The fourth-order valence-corrected chi connectivity index (χ4v) is 3.24. The number of nitrogens with one attached hydrogen (secondary N) is 1. The fourth-order valence-electron chi connectivity index (χ4n) is 3.24. The monoisotopic (exact) mass is 330 g/mol. The van der Waals surface area contributed by atoms with E-state index in [-0.39, 0.29) is 29.7 Å². The zero-order valence-corrected chi connectivity index (χ0v) is 15.3. The molecular formula is C20H30N2O2. The first-order valence-electron chi connectivity index (χ1n) is 9.08. The molecule has 0 aromatic heterocycles. The summed E-state index contributed by atoms with van der Waals surface area (Å²) in [5, 5.41) is 3.20. The van der Waals surface area contributed by atoms with Gasteiger partial charge >= 0.3 is 0 Å². The Morgan fingerprint density at radius 1 is 1.17 bits per heavy atom. The van der Waals surface area contributed by atoms with Crippen LogP contribution in [0, 0.1) is 18.8 Å². The molecule has 1 saturated heterocycles. The molecule has 1 aliphatic heterocycles. The molecule has 2 amide bonds. The molecule has 1 aromatic carbocycles. The van der Waals surface area contributed by atoms with Crippen LogP contribution in [0.4, 0.5) is 0 Å². The van der Waals surface area contributed by atoms with Crippen molar-refractivity contribution in [2.24, 2.45) is 11.8 Å². The van der Waals surface area contributed by atoms with Gasteiger partial charge < -0.3 is 10.2 Å². The molecule has 1 fully saturated rings. The molecule has 1 N–H and O–H groups in total. The van der Waals surface area contributed by atoms with Gasteiger partial charge in [-0.1, -0.05) is 50.6 Å². The van der Waals surface area contributed by atoms with Gasteiger partial charge in [-0.05, 0) is 31.7 Å². The first-order chi connectivity index (χ1) is 11.4. The van der Waals surface area contributed by atoms with E-state index in [1.807, 2.05) is 18.7 Å². The van der Waals surface area contributed by atoms with Crippen molar-refractivity contribution in [1.29, 1.82) is 0 Å². The largest absolute Gasteiger partial charge is 0.349 e. The number of carbonyl (C=O) groups excluding carboxylic acids is 2. The second-order valence-corrected chi connectivity index (χ2v) is 7.13. The standard InChI is InChI=1S/C20H30N2O2/c1-5-18(16-8-6-15(4)7-9-16)21-19(23)17-10-12-22(13-11-17)20(24)14(2)3/h6-9,14,17-18H,5,10-13H2,1-4H3,(H,21,23). The quantitative estimate of drug-likeness (QED) is 0.899. The smallest absolute Gasteiger partial charge is 0.225 e. The SMILES string of the molecule is CCC(NC(=O)C1CCN(C(=O)C(C)C)CC1)c1ccc(C)cc1. The van der Waals surface area contributed by atoms with E-state index in [9.17, 15) is 9.59 Å². The third-order valence-corrected chi connectivity index (χ3v) is 4.88. The molecule has 0 saturated carbocycles. The first-order valence-corrected chi connectivity index (χ1v) is 9.08. The summed E-state index contributed by atoms with van der Waals surface area (Å²) in [6, 6.07) is 8.41. The molecule has 4 nitrogen and oxygen atoms in total. The van der Waals surface area contributed by atoms with Crippen molar-refractivity contribution in [2.75, 3.05) is 13.1 Å². The topological polar surface area (TPSA) is 49.4 Å². The molecule has 4 heteroatoms. The van der Waals surface area contributed by atoms with E-state index < -0.39 is 0 Å². The van der Waals surface area contributed by atoms with Crippen molar-refractivity contribution in [3.05, 3.63) is 35.4 Å². The number of hydrogen-bond acceptors (Lipinski definition) is 2. The van der Waals surface area contributed by atoms with Gasteiger partial charge in [0.15, 0.2) is 0 Å². The molecule has 0 spiro atoms. The summed E-state index contributed by atoms with van der Waals surface area (Å²) in [5.74, 6) is 0.362. The highest BCUT2D eigenvalue weighted by molar-refractivity contribution is 5.81. The Labute approximate surface area is 145 Å². The Bertz CT molecular complexity index is 558. The molecule has 0 radical (unpaired) electrons. The molecule has 0 aliphatic carbocycles. The normalized spacial score (nSPS) is 17.0. The zero-order chi connectivity index (χ0) is 17.7.